The van der Waals surface area contributed by atoms with Crippen molar-refractivity contribution >= 4 is 27.7 Å². The maximum Gasteiger partial charge on any atom is 0.407 e. The molecule has 116 valence electrons. The first-order chi connectivity index (χ1) is 9.67. The molecule has 0 aliphatic carbocycles. The van der Waals surface area contributed by atoms with E-state index in [0.29, 0.717) is 10.2 Å². The molecular weight excluding hydrogens is 344 g/mol. The lowest BCUT2D eigenvalue weighted by atomic mass is 10.2. The monoisotopic (exact) mass is 360 g/mol. The van der Waals surface area contributed by atoms with Crippen LogP contribution in [0.15, 0.2) is 22.7 Å². The van der Waals surface area contributed by atoms with E-state index in [9.17, 15) is 14.9 Å². The summed E-state index contributed by atoms with van der Waals surface area (Å²) in [4.78, 5) is 21.6. The number of carbonyl (C=O) groups is 1. The first-order valence-corrected chi connectivity index (χ1v) is 7.01. The quantitative estimate of drug-likeness (QED) is 0.494. The number of nitro groups is 1. The lowest BCUT2D eigenvalue weighted by Crippen LogP contribution is -2.34. The van der Waals surface area contributed by atoms with Crippen LogP contribution in [0.1, 0.15) is 20.8 Å². The average Bonchev–Trinajstić information content (AvgIpc) is 2.31. The fourth-order valence-corrected chi connectivity index (χ4v) is 1.83. The van der Waals surface area contributed by atoms with Gasteiger partial charge in [-0.3, -0.25) is 10.1 Å². The minimum Gasteiger partial charge on any atom is -0.491 e. The smallest absolute Gasteiger partial charge is 0.407 e. The lowest BCUT2D eigenvalue weighted by molar-refractivity contribution is -0.385. The number of hydrogen-bond acceptors (Lipinski definition) is 5. The number of nitrogens with zero attached hydrogens (tertiary/aromatic N) is 1. The van der Waals surface area contributed by atoms with E-state index in [2.05, 4.69) is 21.2 Å². The summed E-state index contributed by atoms with van der Waals surface area (Å²) in [6.45, 7) is 5.71. The van der Waals surface area contributed by atoms with Crippen molar-refractivity contribution < 1.29 is 19.2 Å². The molecule has 0 unspecified atom stereocenters. The minimum absolute atomic E-state index is 0.0699. The van der Waals surface area contributed by atoms with Crippen LogP contribution in [0.3, 0.4) is 0 Å². The number of hydrogen-bond donors (Lipinski definition) is 1. The van der Waals surface area contributed by atoms with Crippen molar-refractivity contribution in [2.75, 3.05) is 13.2 Å². The summed E-state index contributed by atoms with van der Waals surface area (Å²) in [6, 6.07) is 4.31. The molecule has 0 aromatic heterocycles. The molecule has 0 saturated carbocycles. The Balaban J connectivity index is 2.43. The molecule has 8 heteroatoms. The van der Waals surface area contributed by atoms with Crippen molar-refractivity contribution in [3.05, 3.63) is 32.8 Å². The molecule has 0 aliphatic heterocycles. The maximum atomic E-state index is 11.4. The van der Waals surface area contributed by atoms with Gasteiger partial charge in [0.2, 0.25) is 0 Å². The molecule has 0 heterocycles. The molecule has 0 radical (unpaired) electrons. The first kappa shape index (κ1) is 17.2. The van der Waals surface area contributed by atoms with Crippen molar-refractivity contribution in [3.63, 3.8) is 0 Å². The van der Waals surface area contributed by atoms with E-state index in [1.54, 1.807) is 26.8 Å². The SMILES string of the molecule is CC(C)(C)OC(=O)NCCOc1cc(Br)cc([N+](=O)[O-])c1. The zero-order valence-corrected chi connectivity index (χ0v) is 13.6. The molecule has 0 bridgehead atoms. The van der Waals surface area contributed by atoms with E-state index >= 15 is 0 Å². The van der Waals surface area contributed by atoms with Gasteiger partial charge in [-0.1, -0.05) is 15.9 Å². The summed E-state index contributed by atoms with van der Waals surface area (Å²) in [5.41, 5.74) is -0.630. The van der Waals surface area contributed by atoms with Crippen LogP contribution in [0, 0.1) is 10.1 Å². The molecule has 0 spiro atoms. The van der Waals surface area contributed by atoms with Gasteiger partial charge in [-0.15, -0.1) is 0 Å². The molecule has 7 nitrogen and oxygen atoms in total. The van der Waals surface area contributed by atoms with Crippen LogP contribution in [0.25, 0.3) is 0 Å². The van der Waals surface area contributed by atoms with Crippen LogP contribution in [0.4, 0.5) is 10.5 Å². The van der Waals surface area contributed by atoms with Crippen LogP contribution in [-0.4, -0.2) is 29.8 Å². The molecule has 0 atom stereocenters. The molecule has 1 aromatic carbocycles. The number of alkyl carbamates (subject to hydrolysis) is 1. The van der Waals surface area contributed by atoms with Crippen LogP contribution in [0.2, 0.25) is 0 Å². The van der Waals surface area contributed by atoms with Gasteiger partial charge in [-0.05, 0) is 26.8 Å². The average molecular weight is 361 g/mol. The second-order valence-electron chi connectivity index (χ2n) is 5.18. The Bertz CT molecular complexity index is 528. The highest BCUT2D eigenvalue weighted by molar-refractivity contribution is 9.10. The molecule has 1 amide bonds. The molecule has 1 rings (SSSR count). The van der Waals surface area contributed by atoms with Gasteiger partial charge >= 0.3 is 6.09 Å². The van der Waals surface area contributed by atoms with E-state index in [4.69, 9.17) is 9.47 Å². The first-order valence-electron chi connectivity index (χ1n) is 6.22. The summed E-state index contributed by atoms with van der Waals surface area (Å²) in [5.74, 6) is 0.349. The number of benzene rings is 1. The van der Waals surface area contributed by atoms with E-state index < -0.39 is 16.6 Å². The summed E-state index contributed by atoms with van der Waals surface area (Å²) in [7, 11) is 0. The van der Waals surface area contributed by atoms with Crippen molar-refractivity contribution in [1.29, 1.82) is 0 Å². The molecule has 0 aliphatic rings. The third kappa shape index (κ3) is 6.94. The lowest BCUT2D eigenvalue weighted by Gasteiger charge is -2.19. The standard InChI is InChI=1S/C13H17BrN2O5/c1-13(2,3)21-12(17)15-4-5-20-11-7-9(14)6-10(8-11)16(18)19/h6-8H,4-5H2,1-3H3,(H,15,17). The van der Waals surface area contributed by atoms with Crippen molar-refractivity contribution in [2.45, 2.75) is 26.4 Å². The van der Waals surface area contributed by atoms with Crippen LogP contribution in [0.5, 0.6) is 5.75 Å². The number of halogens is 1. The maximum absolute atomic E-state index is 11.4. The van der Waals surface area contributed by atoms with Crippen molar-refractivity contribution in [3.8, 4) is 5.75 Å². The van der Waals surface area contributed by atoms with Crippen LogP contribution in [-0.2, 0) is 4.74 Å². The van der Waals surface area contributed by atoms with Gasteiger partial charge in [0, 0.05) is 10.5 Å². The Hall–Kier alpha value is -1.83. The Morgan fingerprint density at radius 3 is 2.62 bits per heavy atom. The number of nitro benzene ring substituents is 1. The summed E-state index contributed by atoms with van der Waals surface area (Å²) >= 11 is 3.17. The zero-order valence-electron chi connectivity index (χ0n) is 12.0. The highest BCUT2D eigenvalue weighted by Gasteiger charge is 2.15. The minimum atomic E-state index is -0.560. The van der Waals surface area contributed by atoms with E-state index in [1.165, 1.54) is 12.1 Å². The third-order valence-electron chi connectivity index (χ3n) is 2.11. The number of nitrogens with one attached hydrogen (secondary N) is 1. The fourth-order valence-electron chi connectivity index (χ4n) is 1.37. The third-order valence-corrected chi connectivity index (χ3v) is 2.56. The van der Waals surface area contributed by atoms with Crippen LogP contribution < -0.4 is 10.1 Å². The molecule has 1 aromatic rings. The van der Waals surface area contributed by atoms with Gasteiger partial charge in [-0.2, -0.15) is 0 Å². The number of ether oxygens (including phenoxy) is 2. The summed E-state index contributed by atoms with van der Waals surface area (Å²) in [5, 5.41) is 13.2. The number of rotatable bonds is 5. The fraction of sp³-hybridized carbons (Fsp3) is 0.462. The van der Waals surface area contributed by atoms with Gasteiger partial charge in [0.25, 0.3) is 5.69 Å². The van der Waals surface area contributed by atoms with Crippen molar-refractivity contribution in [2.24, 2.45) is 0 Å². The topological polar surface area (TPSA) is 90.7 Å². The zero-order chi connectivity index (χ0) is 16.0. The Labute approximate surface area is 130 Å². The highest BCUT2D eigenvalue weighted by Crippen LogP contribution is 2.25. The van der Waals surface area contributed by atoms with Gasteiger partial charge < -0.3 is 14.8 Å². The van der Waals surface area contributed by atoms with Gasteiger partial charge in [0.05, 0.1) is 17.5 Å². The Morgan fingerprint density at radius 1 is 1.38 bits per heavy atom. The second kappa shape index (κ2) is 7.26. The molecule has 0 fully saturated rings. The normalized spacial score (nSPS) is 10.9. The molecule has 1 N–H and O–H groups in total. The van der Waals surface area contributed by atoms with E-state index in [0.717, 1.165) is 0 Å². The molecule has 21 heavy (non-hydrogen) atoms. The van der Waals surface area contributed by atoms with Gasteiger partial charge in [-0.25, -0.2) is 4.79 Å². The predicted molar refractivity (Wildman–Crippen MR) is 80.5 cm³/mol. The van der Waals surface area contributed by atoms with E-state index in [-0.39, 0.29) is 18.8 Å². The summed E-state index contributed by atoms with van der Waals surface area (Å²) < 4.78 is 11.0. The van der Waals surface area contributed by atoms with Crippen LogP contribution >= 0.6 is 15.9 Å². The van der Waals surface area contributed by atoms with Gasteiger partial charge in [0.15, 0.2) is 0 Å². The molecular formula is C13H17BrN2O5. The number of non-ortho nitro benzene ring substituents is 1. The molecule has 0 saturated heterocycles. The number of amides is 1. The largest absolute Gasteiger partial charge is 0.491 e. The Kier molecular flexibility index (Phi) is 5.95. The number of carbonyl (C=O) groups excluding carboxylic acids is 1. The predicted octanol–water partition coefficient (Wildman–Crippen LogP) is 3.26. The van der Waals surface area contributed by atoms with E-state index in [1.807, 2.05) is 0 Å². The summed E-state index contributed by atoms with van der Waals surface area (Å²) in [6.07, 6.45) is -0.536. The van der Waals surface area contributed by atoms with Crippen molar-refractivity contribution in [1.82, 2.24) is 5.32 Å². The highest BCUT2D eigenvalue weighted by atomic mass is 79.9. The second-order valence-corrected chi connectivity index (χ2v) is 6.10. The van der Waals surface area contributed by atoms with Gasteiger partial charge in [0.1, 0.15) is 18.0 Å². The Morgan fingerprint density at radius 2 is 2.05 bits per heavy atom.